The molecule has 96 heavy (non-hydrogen) atoms. The van der Waals surface area contributed by atoms with E-state index < -0.39 is 97.5 Å². The van der Waals surface area contributed by atoms with E-state index in [9.17, 15) is 43.2 Å². The van der Waals surface area contributed by atoms with Crippen molar-refractivity contribution in [3.63, 3.8) is 0 Å². The first-order chi connectivity index (χ1) is 46.7. The summed E-state index contributed by atoms with van der Waals surface area (Å²) in [5, 5.41) is 10.6. The molecule has 5 atom stereocenters. The van der Waals surface area contributed by atoms with E-state index >= 15 is 0 Å². The molecular formula is C77H144O17P2. The van der Waals surface area contributed by atoms with Crippen molar-refractivity contribution in [1.29, 1.82) is 0 Å². The van der Waals surface area contributed by atoms with Gasteiger partial charge in [-0.1, -0.05) is 327 Å². The number of allylic oxidation sites excluding steroid dienone is 6. The maximum absolute atomic E-state index is 13.1. The molecule has 0 aromatic heterocycles. The molecule has 0 aliphatic carbocycles. The summed E-state index contributed by atoms with van der Waals surface area (Å²) in [6.07, 6.45) is 65.5. The van der Waals surface area contributed by atoms with E-state index in [1.54, 1.807) is 0 Å². The number of aliphatic hydroxyl groups excluding tert-OH is 1. The highest BCUT2D eigenvalue weighted by atomic mass is 31.2. The Hall–Kier alpha value is -2.72. The van der Waals surface area contributed by atoms with Crippen LogP contribution in [0.4, 0.5) is 0 Å². The third-order valence-corrected chi connectivity index (χ3v) is 19.1. The number of unbranched alkanes of at least 4 members (excludes halogenated alkanes) is 43. The van der Waals surface area contributed by atoms with Gasteiger partial charge >= 0.3 is 39.5 Å². The maximum Gasteiger partial charge on any atom is 0.472 e. The van der Waals surface area contributed by atoms with E-state index in [1.165, 1.54) is 161 Å². The number of phosphoric ester groups is 2. The summed E-state index contributed by atoms with van der Waals surface area (Å²) in [5.74, 6) is -2.14. The second kappa shape index (κ2) is 70.7. The lowest BCUT2D eigenvalue weighted by Crippen LogP contribution is -2.30. The normalized spacial score (nSPS) is 14.1. The third kappa shape index (κ3) is 69.7. The molecule has 0 heterocycles. The van der Waals surface area contributed by atoms with Crippen LogP contribution in [-0.4, -0.2) is 96.7 Å². The van der Waals surface area contributed by atoms with E-state index in [1.807, 2.05) is 0 Å². The fourth-order valence-electron chi connectivity index (χ4n) is 11.2. The third-order valence-electron chi connectivity index (χ3n) is 17.1. The second-order valence-corrected chi connectivity index (χ2v) is 29.6. The molecule has 0 amide bonds. The van der Waals surface area contributed by atoms with Gasteiger partial charge < -0.3 is 33.8 Å². The number of carbonyl (C=O) groups excluding carboxylic acids is 4. The molecule has 0 bridgehead atoms. The highest BCUT2D eigenvalue weighted by molar-refractivity contribution is 7.47. The van der Waals surface area contributed by atoms with Crippen LogP contribution in [0.2, 0.25) is 0 Å². The average molecular weight is 1400 g/mol. The Kier molecular flexibility index (Phi) is 68.7. The highest BCUT2D eigenvalue weighted by Gasteiger charge is 2.30. The summed E-state index contributed by atoms with van der Waals surface area (Å²) >= 11 is 0. The van der Waals surface area contributed by atoms with Crippen molar-refractivity contribution in [3.8, 4) is 0 Å². The first-order valence-corrected chi connectivity index (χ1v) is 42.2. The Morgan fingerprint density at radius 2 is 0.542 bits per heavy atom. The smallest absolute Gasteiger partial charge is 0.462 e. The first-order valence-electron chi connectivity index (χ1n) is 39.2. The maximum atomic E-state index is 13.1. The van der Waals surface area contributed by atoms with E-state index in [0.29, 0.717) is 25.7 Å². The molecule has 0 saturated carbocycles. The molecule has 5 unspecified atom stereocenters. The summed E-state index contributed by atoms with van der Waals surface area (Å²) in [7, 11) is -9.92. The monoisotopic (exact) mass is 1400 g/mol. The topological polar surface area (TPSA) is 237 Å². The van der Waals surface area contributed by atoms with E-state index in [4.69, 9.17) is 37.0 Å². The quantitative estimate of drug-likeness (QED) is 0.0169. The lowest BCUT2D eigenvalue weighted by molar-refractivity contribution is -0.161. The number of carbonyl (C=O) groups is 4. The van der Waals surface area contributed by atoms with Gasteiger partial charge in [-0.15, -0.1) is 0 Å². The molecule has 564 valence electrons. The lowest BCUT2D eigenvalue weighted by atomic mass is 10.0. The predicted octanol–water partition coefficient (Wildman–Crippen LogP) is 22.3. The molecule has 0 saturated heterocycles. The summed E-state index contributed by atoms with van der Waals surface area (Å²) in [6.45, 7) is 4.84. The molecule has 0 aromatic rings. The van der Waals surface area contributed by atoms with Gasteiger partial charge in [0.15, 0.2) is 12.2 Å². The van der Waals surface area contributed by atoms with Crippen LogP contribution in [0, 0.1) is 0 Å². The minimum atomic E-state index is -4.96. The zero-order valence-corrected chi connectivity index (χ0v) is 63.4. The Balaban J connectivity index is 5.27. The zero-order chi connectivity index (χ0) is 70.4. The van der Waals surface area contributed by atoms with Crippen LogP contribution >= 0.6 is 15.6 Å². The number of esters is 4. The number of aliphatic hydroxyl groups is 1. The molecule has 0 radical (unpaired) electrons. The van der Waals surface area contributed by atoms with Crippen molar-refractivity contribution in [1.82, 2.24) is 0 Å². The zero-order valence-electron chi connectivity index (χ0n) is 61.6. The van der Waals surface area contributed by atoms with Crippen molar-refractivity contribution >= 4 is 39.5 Å². The van der Waals surface area contributed by atoms with Gasteiger partial charge in [0.05, 0.1) is 26.4 Å². The second-order valence-electron chi connectivity index (χ2n) is 26.6. The van der Waals surface area contributed by atoms with Crippen LogP contribution in [0.15, 0.2) is 36.5 Å². The van der Waals surface area contributed by atoms with Crippen LogP contribution in [0.5, 0.6) is 0 Å². The van der Waals surface area contributed by atoms with Gasteiger partial charge in [0.1, 0.15) is 19.3 Å². The van der Waals surface area contributed by atoms with Gasteiger partial charge in [-0.25, -0.2) is 9.13 Å². The molecule has 17 nitrogen and oxygen atoms in total. The summed E-state index contributed by atoms with van der Waals surface area (Å²) in [5.41, 5.74) is 0. The minimum Gasteiger partial charge on any atom is -0.462 e. The van der Waals surface area contributed by atoms with Crippen LogP contribution in [-0.2, 0) is 65.4 Å². The predicted molar refractivity (Wildman–Crippen MR) is 391 cm³/mol. The molecule has 0 rings (SSSR count). The van der Waals surface area contributed by atoms with Gasteiger partial charge in [-0.3, -0.25) is 37.3 Å². The van der Waals surface area contributed by atoms with Crippen molar-refractivity contribution in [2.75, 3.05) is 39.6 Å². The molecular weight excluding hydrogens is 1260 g/mol. The average Bonchev–Trinajstić information content (AvgIpc) is 2.18. The Morgan fingerprint density at radius 3 is 0.833 bits per heavy atom. The van der Waals surface area contributed by atoms with Crippen LogP contribution in [0.3, 0.4) is 0 Å². The molecule has 0 aromatic carbocycles. The number of rotatable bonds is 75. The van der Waals surface area contributed by atoms with E-state index in [0.717, 1.165) is 135 Å². The van der Waals surface area contributed by atoms with E-state index in [-0.39, 0.29) is 25.7 Å². The number of ether oxygens (including phenoxy) is 4. The Labute approximate surface area is 585 Å². The lowest BCUT2D eigenvalue weighted by Gasteiger charge is -2.21. The molecule has 0 fully saturated rings. The Morgan fingerprint density at radius 1 is 0.302 bits per heavy atom. The molecule has 3 N–H and O–H groups in total. The first kappa shape index (κ1) is 93.3. The largest absolute Gasteiger partial charge is 0.472 e. The molecule has 0 aliphatic heterocycles. The fraction of sp³-hybridized carbons (Fsp3) is 0.870. The van der Waals surface area contributed by atoms with Crippen molar-refractivity contribution in [2.45, 2.75) is 393 Å². The standard InChI is InChI=1S/C77H144O17P2/c1-5-9-13-17-21-25-29-32-34-35-37-39-43-46-50-54-58-62-75(80)88-68-73(94-77(82)64-60-56-52-48-44-40-36-33-30-26-22-18-14-10-6-2)70-92-96(85,86)90-66-71(78)65-89-95(83,84)91-69-72(93-76(81)63-59-55-51-47-41-28-24-20-16-12-8-4)67-87-74(79)61-57-53-49-45-42-38-31-27-23-19-15-11-7-3/h9,13,21,25,32,34,71-73,78H,5-8,10-12,14-20,22-24,26-31,33,35-70H2,1-4H3,(H,83,84)(H,85,86)/b13-9-,25-21-,34-32-. The molecule has 0 spiro atoms. The minimum absolute atomic E-state index is 0.102. The molecule has 0 aliphatic rings. The SMILES string of the molecule is CC/C=C\C/C=C\C/C=C\CCCCCCCCCC(=O)OCC(COP(=O)(O)OCC(O)COP(=O)(O)OCC(COC(=O)CCCCCCCCCCCCCCC)OC(=O)CCCCCCCCCCCCC)OC(=O)CCCCCCCCCCCCCCCCC. The van der Waals surface area contributed by atoms with E-state index in [2.05, 4.69) is 64.2 Å². The molecule has 19 heteroatoms. The van der Waals surface area contributed by atoms with Gasteiger partial charge in [0.25, 0.3) is 0 Å². The van der Waals surface area contributed by atoms with Gasteiger partial charge in [-0.2, -0.15) is 0 Å². The Bertz CT molecular complexity index is 1970. The number of phosphoric acid groups is 2. The van der Waals surface area contributed by atoms with Crippen LogP contribution < -0.4 is 0 Å². The van der Waals surface area contributed by atoms with Gasteiger partial charge in [0, 0.05) is 25.7 Å². The van der Waals surface area contributed by atoms with Crippen molar-refractivity contribution < 1.29 is 80.2 Å². The van der Waals surface area contributed by atoms with Gasteiger partial charge in [-0.05, 0) is 57.8 Å². The van der Waals surface area contributed by atoms with Gasteiger partial charge in [0.2, 0.25) is 0 Å². The fourth-order valence-corrected chi connectivity index (χ4v) is 12.8. The summed E-state index contributed by atoms with van der Waals surface area (Å²) < 4.78 is 68.5. The highest BCUT2D eigenvalue weighted by Crippen LogP contribution is 2.45. The summed E-state index contributed by atoms with van der Waals surface area (Å²) in [4.78, 5) is 72.8. The van der Waals surface area contributed by atoms with Crippen LogP contribution in [0.25, 0.3) is 0 Å². The van der Waals surface area contributed by atoms with Crippen molar-refractivity contribution in [2.24, 2.45) is 0 Å². The number of hydrogen-bond acceptors (Lipinski definition) is 15. The summed E-state index contributed by atoms with van der Waals surface area (Å²) in [6, 6.07) is 0. The number of hydrogen-bond donors (Lipinski definition) is 3. The van der Waals surface area contributed by atoms with Crippen molar-refractivity contribution in [3.05, 3.63) is 36.5 Å². The van der Waals surface area contributed by atoms with Crippen LogP contribution in [0.1, 0.15) is 374 Å².